The van der Waals surface area contributed by atoms with Gasteiger partial charge in [0.15, 0.2) is 0 Å². The van der Waals surface area contributed by atoms with Crippen molar-refractivity contribution in [3.05, 3.63) is 58.4 Å². The van der Waals surface area contributed by atoms with Crippen molar-refractivity contribution in [1.82, 2.24) is 0 Å². The Balaban J connectivity index is 2.40. The summed E-state index contributed by atoms with van der Waals surface area (Å²) in [6.45, 7) is 1.82. The zero-order chi connectivity index (χ0) is 15.0. The maximum absolute atomic E-state index is 11.8. The number of phenols is 1. The molecule has 1 heterocycles. The second kappa shape index (κ2) is 4.98. The average molecular weight is 282 g/mol. The molecule has 0 saturated carbocycles. The summed E-state index contributed by atoms with van der Waals surface area (Å²) in [5.41, 5.74) is 2.20. The first-order valence-electron chi connectivity index (χ1n) is 6.51. The average Bonchev–Trinajstić information content (AvgIpc) is 2.48. The number of phenolic OH excluding ortho intramolecular Hbond substituents is 1. The van der Waals surface area contributed by atoms with E-state index in [0.29, 0.717) is 22.3 Å². The van der Waals surface area contributed by atoms with Crippen LogP contribution >= 0.6 is 0 Å². The fraction of sp³-hybridized carbons (Fsp3) is 0.118. The molecule has 0 spiro atoms. The first-order chi connectivity index (χ1) is 10.1. The molecular weight excluding hydrogens is 268 g/mol. The van der Waals surface area contributed by atoms with E-state index in [1.54, 1.807) is 37.4 Å². The second-order valence-electron chi connectivity index (χ2n) is 4.81. The lowest BCUT2D eigenvalue weighted by Gasteiger charge is -2.10. The molecule has 21 heavy (non-hydrogen) atoms. The monoisotopic (exact) mass is 282 g/mol. The van der Waals surface area contributed by atoms with Gasteiger partial charge < -0.3 is 14.3 Å². The summed E-state index contributed by atoms with van der Waals surface area (Å²) >= 11 is 0. The van der Waals surface area contributed by atoms with Gasteiger partial charge in [-0.15, -0.1) is 0 Å². The first-order valence-corrected chi connectivity index (χ1v) is 6.51. The van der Waals surface area contributed by atoms with Crippen LogP contribution in [-0.4, -0.2) is 12.2 Å². The van der Waals surface area contributed by atoms with Crippen LogP contribution in [0.25, 0.3) is 22.1 Å². The van der Waals surface area contributed by atoms with Crippen LogP contribution in [0.15, 0.2) is 51.7 Å². The van der Waals surface area contributed by atoms with Crippen LogP contribution in [0.4, 0.5) is 0 Å². The topological polar surface area (TPSA) is 59.7 Å². The zero-order valence-electron chi connectivity index (χ0n) is 11.7. The minimum Gasteiger partial charge on any atom is -0.508 e. The molecule has 3 rings (SSSR count). The van der Waals surface area contributed by atoms with Crippen LogP contribution in [0.3, 0.4) is 0 Å². The fourth-order valence-corrected chi connectivity index (χ4v) is 2.36. The highest BCUT2D eigenvalue weighted by Gasteiger charge is 2.13. The van der Waals surface area contributed by atoms with Crippen LogP contribution in [-0.2, 0) is 0 Å². The van der Waals surface area contributed by atoms with Crippen molar-refractivity contribution in [2.45, 2.75) is 6.92 Å². The number of aromatic hydroxyl groups is 1. The van der Waals surface area contributed by atoms with Crippen molar-refractivity contribution in [2.24, 2.45) is 0 Å². The van der Waals surface area contributed by atoms with Gasteiger partial charge in [-0.2, -0.15) is 0 Å². The van der Waals surface area contributed by atoms with E-state index in [-0.39, 0.29) is 5.75 Å². The van der Waals surface area contributed by atoms with E-state index < -0.39 is 5.63 Å². The molecule has 0 atom stereocenters. The Bertz CT molecular complexity index is 878. The molecule has 1 N–H and O–H groups in total. The number of aryl methyl sites for hydroxylation is 1. The summed E-state index contributed by atoms with van der Waals surface area (Å²) in [4.78, 5) is 11.8. The second-order valence-corrected chi connectivity index (χ2v) is 4.81. The normalized spacial score (nSPS) is 10.8. The molecular formula is C17H14O4. The molecule has 0 unspecified atom stereocenters. The van der Waals surface area contributed by atoms with Gasteiger partial charge in [0.1, 0.15) is 17.1 Å². The van der Waals surface area contributed by atoms with Gasteiger partial charge in [0.2, 0.25) is 0 Å². The van der Waals surface area contributed by atoms with E-state index in [9.17, 15) is 9.90 Å². The summed E-state index contributed by atoms with van der Waals surface area (Å²) < 4.78 is 10.6. The van der Waals surface area contributed by atoms with E-state index >= 15 is 0 Å². The molecule has 106 valence electrons. The highest BCUT2D eigenvalue weighted by atomic mass is 16.5. The fourth-order valence-electron chi connectivity index (χ4n) is 2.36. The lowest BCUT2D eigenvalue weighted by molar-refractivity contribution is 0.418. The predicted octanol–water partition coefficient (Wildman–Crippen LogP) is 3.48. The smallest absolute Gasteiger partial charge is 0.336 e. The number of rotatable bonds is 2. The molecule has 3 aromatic rings. The summed E-state index contributed by atoms with van der Waals surface area (Å²) in [6.07, 6.45) is 0. The summed E-state index contributed by atoms with van der Waals surface area (Å²) in [5, 5.41) is 10.6. The summed E-state index contributed by atoms with van der Waals surface area (Å²) in [7, 11) is 1.57. The van der Waals surface area contributed by atoms with Crippen LogP contribution in [0.5, 0.6) is 11.5 Å². The maximum Gasteiger partial charge on any atom is 0.336 e. The molecule has 0 fully saturated rings. The van der Waals surface area contributed by atoms with Gasteiger partial charge in [-0.25, -0.2) is 4.79 Å². The van der Waals surface area contributed by atoms with Gasteiger partial charge in [-0.1, -0.05) is 18.2 Å². The molecule has 4 heteroatoms. The Hall–Kier alpha value is -2.75. The van der Waals surface area contributed by atoms with Crippen LogP contribution in [0.1, 0.15) is 5.56 Å². The molecule has 0 amide bonds. The summed E-state index contributed by atoms with van der Waals surface area (Å²) in [5.74, 6) is 0.801. The van der Waals surface area contributed by atoms with Gasteiger partial charge in [0, 0.05) is 11.6 Å². The van der Waals surface area contributed by atoms with Crippen molar-refractivity contribution in [3.8, 4) is 22.6 Å². The Morgan fingerprint density at radius 3 is 2.67 bits per heavy atom. The Morgan fingerprint density at radius 1 is 1.14 bits per heavy atom. The SMILES string of the molecule is COc1cccc2oc(=O)cc(-c3ccc(C)c(O)c3)c12. The Kier molecular flexibility index (Phi) is 3.14. The van der Waals surface area contributed by atoms with E-state index in [1.807, 2.05) is 13.0 Å². The lowest BCUT2D eigenvalue weighted by atomic mass is 10.00. The number of fused-ring (bicyclic) bond motifs is 1. The predicted molar refractivity (Wildman–Crippen MR) is 80.9 cm³/mol. The third-order valence-corrected chi connectivity index (χ3v) is 3.47. The molecule has 0 saturated heterocycles. The standard InChI is InChI=1S/C17H14O4/c1-10-6-7-11(8-13(10)18)12-9-16(19)21-15-5-3-4-14(20-2)17(12)15/h3-9,18H,1-2H3. The molecule has 0 radical (unpaired) electrons. The van der Waals surface area contributed by atoms with Gasteiger partial charge in [0.05, 0.1) is 12.5 Å². The summed E-state index contributed by atoms with van der Waals surface area (Å²) in [6, 6.07) is 12.0. The van der Waals surface area contributed by atoms with Crippen LogP contribution in [0.2, 0.25) is 0 Å². The zero-order valence-corrected chi connectivity index (χ0v) is 11.7. The number of hydrogen-bond donors (Lipinski definition) is 1. The molecule has 2 aromatic carbocycles. The number of ether oxygens (including phenoxy) is 1. The van der Waals surface area contributed by atoms with Gasteiger partial charge >= 0.3 is 5.63 Å². The molecule has 4 nitrogen and oxygen atoms in total. The number of methoxy groups -OCH3 is 1. The Morgan fingerprint density at radius 2 is 1.95 bits per heavy atom. The molecule has 1 aromatic heterocycles. The third kappa shape index (κ3) is 2.25. The number of hydrogen-bond acceptors (Lipinski definition) is 4. The van der Waals surface area contributed by atoms with Crippen molar-refractivity contribution >= 4 is 11.0 Å². The molecule has 0 aliphatic carbocycles. The van der Waals surface area contributed by atoms with Crippen molar-refractivity contribution in [2.75, 3.05) is 7.11 Å². The van der Waals surface area contributed by atoms with Gasteiger partial charge in [0.25, 0.3) is 0 Å². The minimum atomic E-state index is -0.439. The molecule has 0 aliphatic heterocycles. The largest absolute Gasteiger partial charge is 0.508 e. The number of benzene rings is 2. The quantitative estimate of drug-likeness (QED) is 0.731. The first kappa shape index (κ1) is 13.2. The van der Waals surface area contributed by atoms with Crippen LogP contribution in [0, 0.1) is 6.92 Å². The van der Waals surface area contributed by atoms with Gasteiger partial charge in [-0.3, -0.25) is 0 Å². The van der Waals surface area contributed by atoms with E-state index in [1.165, 1.54) is 6.07 Å². The molecule has 0 aliphatic rings. The Labute approximate surface area is 121 Å². The van der Waals surface area contributed by atoms with E-state index in [2.05, 4.69) is 0 Å². The van der Waals surface area contributed by atoms with Crippen molar-refractivity contribution < 1.29 is 14.3 Å². The third-order valence-electron chi connectivity index (χ3n) is 3.47. The van der Waals surface area contributed by atoms with Crippen molar-refractivity contribution in [3.63, 3.8) is 0 Å². The maximum atomic E-state index is 11.8. The minimum absolute atomic E-state index is 0.184. The van der Waals surface area contributed by atoms with Crippen LogP contribution < -0.4 is 10.4 Å². The van der Waals surface area contributed by atoms with E-state index in [0.717, 1.165) is 11.1 Å². The highest BCUT2D eigenvalue weighted by molar-refractivity contribution is 5.97. The van der Waals surface area contributed by atoms with E-state index in [4.69, 9.17) is 9.15 Å². The lowest BCUT2D eigenvalue weighted by Crippen LogP contribution is -1.99. The van der Waals surface area contributed by atoms with Crippen molar-refractivity contribution in [1.29, 1.82) is 0 Å². The van der Waals surface area contributed by atoms with Gasteiger partial charge in [-0.05, 0) is 36.2 Å². The highest BCUT2D eigenvalue weighted by Crippen LogP contribution is 2.35. The molecule has 0 bridgehead atoms.